The second-order valence-electron chi connectivity index (χ2n) is 4.84. The lowest BCUT2D eigenvalue weighted by Gasteiger charge is -2.21. The van der Waals surface area contributed by atoms with Crippen LogP contribution in [0.5, 0.6) is 0 Å². The van der Waals surface area contributed by atoms with Crippen LogP contribution in [0.2, 0.25) is 0 Å². The number of rotatable bonds is 7. The van der Waals surface area contributed by atoms with Crippen LogP contribution in [0, 0.1) is 0 Å². The van der Waals surface area contributed by atoms with E-state index in [9.17, 15) is 0 Å². The van der Waals surface area contributed by atoms with Gasteiger partial charge in [0.05, 0.1) is 0 Å². The van der Waals surface area contributed by atoms with E-state index in [2.05, 4.69) is 15.5 Å². The average Bonchev–Trinajstić information content (AvgIpc) is 2.97. The van der Waals surface area contributed by atoms with Crippen LogP contribution in [0.3, 0.4) is 0 Å². The van der Waals surface area contributed by atoms with Gasteiger partial charge in [0.1, 0.15) is 5.60 Å². The average molecular weight is 275 g/mol. The molecule has 0 saturated heterocycles. The summed E-state index contributed by atoms with van der Waals surface area (Å²) in [4.78, 5) is 4.41. The van der Waals surface area contributed by atoms with Gasteiger partial charge in [-0.2, -0.15) is 4.98 Å². The van der Waals surface area contributed by atoms with Gasteiger partial charge in [-0.3, -0.25) is 0 Å². The van der Waals surface area contributed by atoms with Gasteiger partial charge in [0.25, 0.3) is 0 Å². The molecule has 108 valence electrons. The number of nitrogens with zero attached hydrogens (tertiary/aromatic N) is 2. The molecule has 2 rings (SSSR count). The van der Waals surface area contributed by atoms with Crippen molar-refractivity contribution >= 4 is 5.69 Å². The van der Waals surface area contributed by atoms with Crippen LogP contribution in [0.4, 0.5) is 5.69 Å². The predicted octanol–water partition coefficient (Wildman–Crippen LogP) is 3.00. The third-order valence-corrected chi connectivity index (χ3v) is 3.51. The van der Waals surface area contributed by atoms with E-state index in [0.717, 1.165) is 18.7 Å². The molecule has 1 aromatic heterocycles. The summed E-state index contributed by atoms with van der Waals surface area (Å²) in [6.45, 7) is 4.75. The van der Waals surface area contributed by atoms with Gasteiger partial charge in [-0.15, -0.1) is 0 Å². The molecule has 5 heteroatoms. The minimum atomic E-state index is -0.478. The highest BCUT2D eigenvalue weighted by Gasteiger charge is 2.29. The first kappa shape index (κ1) is 14.5. The van der Waals surface area contributed by atoms with Crippen LogP contribution in [0.15, 0.2) is 34.9 Å². The van der Waals surface area contributed by atoms with Crippen molar-refractivity contribution in [3.05, 3.63) is 42.0 Å². The van der Waals surface area contributed by atoms with Gasteiger partial charge in [0, 0.05) is 25.8 Å². The molecule has 20 heavy (non-hydrogen) atoms. The summed E-state index contributed by atoms with van der Waals surface area (Å²) in [7, 11) is 1.66. The van der Waals surface area contributed by atoms with E-state index in [1.54, 1.807) is 7.11 Å². The van der Waals surface area contributed by atoms with Gasteiger partial charge in [-0.1, -0.05) is 30.3 Å². The number of ether oxygens (including phenoxy) is 1. The SMILES string of the molecule is CCC(C)(OC)c1noc(CCNc2ccccc2)n1. The first-order chi connectivity index (χ1) is 9.68. The Balaban J connectivity index is 1.90. The Kier molecular flexibility index (Phi) is 4.74. The number of para-hydroxylation sites is 1. The summed E-state index contributed by atoms with van der Waals surface area (Å²) in [5.74, 6) is 1.23. The molecule has 0 fully saturated rings. The van der Waals surface area contributed by atoms with Crippen molar-refractivity contribution in [3.63, 3.8) is 0 Å². The molecule has 5 nitrogen and oxygen atoms in total. The molecule has 0 aliphatic rings. The molecule has 0 amide bonds. The van der Waals surface area contributed by atoms with E-state index in [1.165, 1.54) is 0 Å². The highest BCUT2D eigenvalue weighted by Crippen LogP contribution is 2.25. The van der Waals surface area contributed by atoms with Crippen LogP contribution < -0.4 is 5.32 Å². The molecule has 1 heterocycles. The van der Waals surface area contributed by atoms with Gasteiger partial charge < -0.3 is 14.6 Å². The third kappa shape index (κ3) is 3.36. The van der Waals surface area contributed by atoms with Gasteiger partial charge in [-0.05, 0) is 25.5 Å². The van der Waals surface area contributed by atoms with Crippen molar-refractivity contribution in [2.45, 2.75) is 32.3 Å². The summed E-state index contributed by atoms with van der Waals surface area (Å²) in [5.41, 5.74) is 0.608. The maximum absolute atomic E-state index is 5.46. The summed E-state index contributed by atoms with van der Waals surface area (Å²) < 4.78 is 10.7. The highest BCUT2D eigenvalue weighted by atomic mass is 16.5. The molecular formula is C15H21N3O2. The summed E-state index contributed by atoms with van der Waals surface area (Å²) in [5, 5.41) is 7.33. The number of nitrogens with one attached hydrogen (secondary N) is 1. The highest BCUT2D eigenvalue weighted by molar-refractivity contribution is 5.42. The maximum Gasteiger partial charge on any atom is 0.228 e. The number of aromatic nitrogens is 2. The minimum absolute atomic E-state index is 0.478. The Bertz CT molecular complexity index is 521. The fourth-order valence-electron chi connectivity index (χ4n) is 1.83. The molecule has 0 saturated carbocycles. The molecule has 1 N–H and O–H groups in total. The van der Waals surface area contributed by atoms with E-state index < -0.39 is 5.60 Å². The maximum atomic E-state index is 5.46. The number of hydrogen-bond donors (Lipinski definition) is 1. The zero-order valence-corrected chi connectivity index (χ0v) is 12.2. The smallest absolute Gasteiger partial charge is 0.228 e. The van der Waals surface area contributed by atoms with Gasteiger partial charge in [0.2, 0.25) is 11.7 Å². The fourth-order valence-corrected chi connectivity index (χ4v) is 1.83. The predicted molar refractivity (Wildman–Crippen MR) is 77.6 cm³/mol. The largest absolute Gasteiger partial charge is 0.385 e. The summed E-state index contributed by atoms with van der Waals surface area (Å²) in [6, 6.07) is 10.0. The normalized spacial score (nSPS) is 13.9. The van der Waals surface area contributed by atoms with Crippen LogP contribution in [0.25, 0.3) is 0 Å². The van der Waals surface area contributed by atoms with Crippen LogP contribution in [-0.2, 0) is 16.8 Å². The fraction of sp³-hybridized carbons (Fsp3) is 0.467. The summed E-state index contributed by atoms with van der Waals surface area (Å²) >= 11 is 0. The zero-order chi connectivity index (χ0) is 14.4. The van der Waals surface area contributed by atoms with Gasteiger partial charge in [-0.25, -0.2) is 0 Å². The Labute approximate surface area is 119 Å². The topological polar surface area (TPSA) is 60.2 Å². The molecule has 0 bridgehead atoms. The molecule has 0 aliphatic heterocycles. The van der Waals surface area contributed by atoms with Gasteiger partial charge in [0.15, 0.2) is 0 Å². The second-order valence-corrected chi connectivity index (χ2v) is 4.84. The molecule has 0 spiro atoms. The standard InChI is InChI=1S/C15H21N3O2/c1-4-15(2,19-3)14-17-13(20-18-14)10-11-16-12-8-6-5-7-9-12/h5-9,16H,4,10-11H2,1-3H3. The van der Waals surface area contributed by atoms with E-state index >= 15 is 0 Å². The summed E-state index contributed by atoms with van der Waals surface area (Å²) in [6.07, 6.45) is 1.48. The van der Waals surface area contributed by atoms with Crippen molar-refractivity contribution in [1.82, 2.24) is 10.1 Å². The van der Waals surface area contributed by atoms with Crippen molar-refractivity contribution in [3.8, 4) is 0 Å². The third-order valence-electron chi connectivity index (χ3n) is 3.51. The van der Waals surface area contributed by atoms with E-state index in [4.69, 9.17) is 9.26 Å². The van der Waals surface area contributed by atoms with Crippen molar-refractivity contribution in [2.24, 2.45) is 0 Å². The van der Waals surface area contributed by atoms with E-state index in [1.807, 2.05) is 44.2 Å². The lowest BCUT2D eigenvalue weighted by atomic mass is 10.0. The molecule has 1 unspecified atom stereocenters. The molecule has 2 aromatic rings. The molecular weight excluding hydrogens is 254 g/mol. The van der Waals surface area contributed by atoms with Gasteiger partial charge >= 0.3 is 0 Å². The number of methoxy groups -OCH3 is 1. The first-order valence-electron chi connectivity index (χ1n) is 6.85. The monoisotopic (exact) mass is 275 g/mol. The Morgan fingerprint density at radius 1 is 1.30 bits per heavy atom. The Morgan fingerprint density at radius 2 is 2.05 bits per heavy atom. The number of hydrogen-bond acceptors (Lipinski definition) is 5. The molecule has 0 radical (unpaired) electrons. The minimum Gasteiger partial charge on any atom is -0.385 e. The Morgan fingerprint density at radius 3 is 2.70 bits per heavy atom. The lowest BCUT2D eigenvalue weighted by Crippen LogP contribution is -2.24. The number of anilines is 1. The number of benzene rings is 1. The van der Waals surface area contributed by atoms with E-state index in [0.29, 0.717) is 18.1 Å². The van der Waals surface area contributed by atoms with Crippen molar-refractivity contribution < 1.29 is 9.26 Å². The van der Waals surface area contributed by atoms with E-state index in [-0.39, 0.29) is 0 Å². The molecule has 1 atom stereocenters. The zero-order valence-electron chi connectivity index (χ0n) is 12.2. The van der Waals surface area contributed by atoms with Crippen molar-refractivity contribution in [1.29, 1.82) is 0 Å². The quantitative estimate of drug-likeness (QED) is 0.841. The molecule has 1 aromatic carbocycles. The second kappa shape index (κ2) is 6.52. The lowest BCUT2D eigenvalue weighted by molar-refractivity contribution is -0.0106. The Hall–Kier alpha value is -1.88. The van der Waals surface area contributed by atoms with Crippen LogP contribution in [0.1, 0.15) is 32.0 Å². The first-order valence-corrected chi connectivity index (χ1v) is 6.85. The van der Waals surface area contributed by atoms with Crippen molar-refractivity contribution in [2.75, 3.05) is 19.0 Å². The van der Waals surface area contributed by atoms with Crippen LogP contribution >= 0.6 is 0 Å². The van der Waals surface area contributed by atoms with Crippen LogP contribution in [-0.4, -0.2) is 23.8 Å². The molecule has 0 aliphatic carbocycles.